The van der Waals surface area contributed by atoms with E-state index in [2.05, 4.69) is 6.92 Å². The Balaban J connectivity index is -0.000000301. The number of carboxylic acids is 1. The van der Waals surface area contributed by atoms with Gasteiger partial charge in [-0.25, -0.2) is 0 Å². The van der Waals surface area contributed by atoms with Crippen LogP contribution in [0.25, 0.3) is 0 Å². The van der Waals surface area contributed by atoms with Gasteiger partial charge in [-0.05, 0) is 6.42 Å². The number of aliphatic carboxylic acids is 1. The fourth-order valence-electron chi connectivity index (χ4n) is 2.65. The molecule has 0 aromatic carbocycles. The van der Waals surface area contributed by atoms with Gasteiger partial charge in [0.25, 0.3) is 0 Å². The van der Waals surface area contributed by atoms with Crippen molar-refractivity contribution >= 4 is 29.0 Å². The van der Waals surface area contributed by atoms with Crippen LogP contribution in [-0.2, 0) is 24.3 Å². The Kier molecular flexibility index (Phi) is 30.4. The van der Waals surface area contributed by atoms with E-state index >= 15 is 0 Å². The standard InChI is InChI=1S/C18H36O2.Mg.Zn.2H/c1-2-3-4-5-6-7-8-9-10-11-12-13-14-15-16-17-18(19)20;;;;/h2-17H2,1H3,(H,19,20);;;;/q;+2;;2*-1. The second-order valence-electron chi connectivity index (χ2n) is 6.09. The molecule has 2 nitrogen and oxygen atoms in total. The molecular formula is C18H38MgO2Zn. The number of hydrogen-bond acceptors (Lipinski definition) is 1. The molecule has 0 saturated carbocycles. The van der Waals surface area contributed by atoms with Crippen LogP contribution in [0.3, 0.4) is 0 Å². The van der Waals surface area contributed by atoms with Gasteiger partial charge in [-0.2, -0.15) is 0 Å². The molecule has 0 heterocycles. The van der Waals surface area contributed by atoms with Crippen LogP contribution in [0.2, 0.25) is 0 Å². The van der Waals surface area contributed by atoms with E-state index in [0.717, 1.165) is 12.8 Å². The van der Waals surface area contributed by atoms with Gasteiger partial charge in [-0.1, -0.05) is 96.8 Å². The van der Waals surface area contributed by atoms with Gasteiger partial charge >= 0.3 is 29.0 Å². The first-order valence-electron chi connectivity index (χ1n) is 8.99. The van der Waals surface area contributed by atoms with Crippen LogP contribution < -0.4 is 0 Å². The normalized spacial score (nSPS) is 9.86. The molecule has 0 aliphatic heterocycles. The predicted molar refractivity (Wildman–Crippen MR) is 95.2 cm³/mol. The maximum absolute atomic E-state index is 10.3. The third-order valence-corrected chi connectivity index (χ3v) is 3.99. The fraction of sp³-hybridized carbons (Fsp3) is 0.944. The second-order valence-corrected chi connectivity index (χ2v) is 6.09. The average Bonchev–Trinajstić information content (AvgIpc) is 2.43. The van der Waals surface area contributed by atoms with Crippen LogP contribution in [0.5, 0.6) is 0 Å². The molecule has 0 atom stereocenters. The van der Waals surface area contributed by atoms with E-state index < -0.39 is 5.97 Å². The zero-order valence-corrected chi connectivity index (χ0v) is 19.5. The maximum atomic E-state index is 10.3. The largest absolute Gasteiger partial charge is 2.00 e. The molecule has 0 rings (SSSR count). The van der Waals surface area contributed by atoms with Crippen molar-refractivity contribution in [1.82, 2.24) is 0 Å². The zero-order chi connectivity index (χ0) is 14.9. The monoisotopic (exact) mass is 374 g/mol. The topological polar surface area (TPSA) is 37.3 Å². The van der Waals surface area contributed by atoms with Gasteiger partial charge in [0.2, 0.25) is 0 Å². The molecule has 1 N–H and O–H groups in total. The Hall–Kier alpha value is 0.860. The van der Waals surface area contributed by atoms with Crippen LogP contribution in [0.4, 0.5) is 0 Å². The van der Waals surface area contributed by atoms with Gasteiger partial charge < -0.3 is 7.96 Å². The molecule has 0 aliphatic carbocycles. The molecule has 0 radical (unpaired) electrons. The van der Waals surface area contributed by atoms with Gasteiger partial charge in [-0.15, -0.1) is 0 Å². The average molecular weight is 376 g/mol. The summed E-state index contributed by atoms with van der Waals surface area (Å²) in [6, 6.07) is 0. The molecule has 0 saturated heterocycles. The molecule has 0 amide bonds. The van der Waals surface area contributed by atoms with Crippen molar-refractivity contribution in [2.75, 3.05) is 0 Å². The second kappa shape index (κ2) is 24.1. The van der Waals surface area contributed by atoms with Crippen molar-refractivity contribution in [2.45, 2.75) is 110 Å². The van der Waals surface area contributed by atoms with Crippen molar-refractivity contribution in [2.24, 2.45) is 0 Å². The van der Waals surface area contributed by atoms with Gasteiger partial charge in [-0.3, -0.25) is 4.79 Å². The van der Waals surface area contributed by atoms with Crippen molar-refractivity contribution in [3.8, 4) is 0 Å². The van der Waals surface area contributed by atoms with E-state index in [-0.39, 0.29) is 45.4 Å². The Morgan fingerprint density at radius 2 is 0.955 bits per heavy atom. The van der Waals surface area contributed by atoms with E-state index in [0.29, 0.717) is 6.42 Å². The molecule has 126 valence electrons. The summed E-state index contributed by atoms with van der Waals surface area (Å²) < 4.78 is 0. The molecule has 22 heavy (non-hydrogen) atoms. The number of rotatable bonds is 16. The van der Waals surface area contributed by atoms with Crippen LogP contribution in [0.1, 0.15) is 113 Å². The van der Waals surface area contributed by atoms with E-state index in [1.54, 1.807) is 0 Å². The summed E-state index contributed by atoms with van der Waals surface area (Å²) in [6.07, 6.45) is 20.2. The van der Waals surface area contributed by atoms with Crippen LogP contribution in [0, 0.1) is 0 Å². The molecule has 0 spiro atoms. The summed E-state index contributed by atoms with van der Waals surface area (Å²) in [5.41, 5.74) is 0. The number of hydrogen-bond donors (Lipinski definition) is 1. The van der Waals surface area contributed by atoms with Gasteiger partial charge in [0.05, 0.1) is 0 Å². The zero-order valence-electron chi connectivity index (χ0n) is 17.1. The Morgan fingerprint density at radius 1 is 0.682 bits per heavy atom. The molecule has 0 aliphatic rings. The predicted octanol–water partition coefficient (Wildman–Crippen LogP) is 6.17. The third kappa shape index (κ3) is 25.8. The summed E-state index contributed by atoms with van der Waals surface area (Å²) in [4.78, 5) is 10.3. The summed E-state index contributed by atoms with van der Waals surface area (Å²) in [7, 11) is 0. The molecule has 0 aromatic heterocycles. The van der Waals surface area contributed by atoms with Crippen LogP contribution in [-0.4, -0.2) is 34.1 Å². The SMILES string of the molecule is CCCCCCCCCCCCCCCCCC(=O)O.[H-].[H-].[Mg+2].[Zn]. The number of carboxylic acid groups (broad SMARTS) is 1. The van der Waals surface area contributed by atoms with Crippen molar-refractivity contribution in [3.63, 3.8) is 0 Å². The third-order valence-electron chi connectivity index (χ3n) is 3.99. The van der Waals surface area contributed by atoms with Crippen LogP contribution in [0.15, 0.2) is 0 Å². The van der Waals surface area contributed by atoms with Crippen LogP contribution >= 0.6 is 0 Å². The summed E-state index contributed by atoms with van der Waals surface area (Å²) in [5.74, 6) is -0.653. The number of unbranched alkanes of at least 4 members (excludes halogenated alkanes) is 14. The van der Waals surface area contributed by atoms with Crippen molar-refractivity contribution in [1.29, 1.82) is 0 Å². The quantitative estimate of drug-likeness (QED) is 0.258. The first-order valence-corrected chi connectivity index (χ1v) is 8.99. The minimum absolute atomic E-state index is 0. The first kappa shape index (κ1) is 27.7. The van der Waals surface area contributed by atoms with Crippen molar-refractivity contribution in [3.05, 3.63) is 0 Å². The smallest absolute Gasteiger partial charge is 1.00 e. The van der Waals surface area contributed by atoms with E-state index in [1.165, 1.54) is 83.5 Å². The fourth-order valence-corrected chi connectivity index (χ4v) is 2.65. The molecular weight excluding hydrogens is 338 g/mol. The Labute approximate surface area is 170 Å². The number of carbonyl (C=O) groups is 1. The summed E-state index contributed by atoms with van der Waals surface area (Å²) in [6.45, 7) is 2.27. The minimum Gasteiger partial charge on any atom is -1.00 e. The van der Waals surface area contributed by atoms with E-state index in [4.69, 9.17) is 5.11 Å². The Morgan fingerprint density at radius 3 is 1.23 bits per heavy atom. The molecule has 0 unspecified atom stereocenters. The van der Waals surface area contributed by atoms with Gasteiger partial charge in [0, 0.05) is 25.9 Å². The molecule has 0 fully saturated rings. The Bertz CT molecular complexity index is 223. The first-order chi connectivity index (χ1) is 9.77. The van der Waals surface area contributed by atoms with Gasteiger partial charge in [0.1, 0.15) is 0 Å². The summed E-state index contributed by atoms with van der Waals surface area (Å²) in [5, 5.41) is 8.52. The van der Waals surface area contributed by atoms with E-state index in [9.17, 15) is 4.79 Å². The minimum atomic E-state index is -0.653. The maximum Gasteiger partial charge on any atom is 2.00 e. The molecule has 0 bridgehead atoms. The molecule has 4 heteroatoms. The van der Waals surface area contributed by atoms with E-state index in [1.807, 2.05) is 0 Å². The summed E-state index contributed by atoms with van der Waals surface area (Å²) >= 11 is 0. The molecule has 0 aromatic rings. The van der Waals surface area contributed by atoms with Gasteiger partial charge in [0.15, 0.2) is 0 Å². The van der Waals surface area contributed by atoms with Crippen molar-refractivity contribution < 1.29 is 32.2 Å².